The van der Waals surface area contributed by atoms with Gasteiger partial charge in [0.1, 0.15) is 11.5 Å². The number of hydrogen-bond acceptors (Lipinski definition) is 5. The molecule has 35 heavy (non-hydrogen) atoms. The van der Waals surface area contributed by atoms with Gasteiger partial charge in [-0.3, -0.25) is 9.69 Å². The lowest BCUT2D eigenvalue weighted by Gasteiger charge is -2.40. The molecule has 1 aromatic heterocycles. The fourth-order valence-corrected chi connectivity index (χ4v) is 5.19. The number of hydrogen-bond donors (Lipinski definition) is 0. The first-order valence-electron chi connectivity index (χ1n) is 12.0. The molecule has 3 aromatic rings. The average molecular weight is 497 g/mol. The predicted octanol–water partition coefficient (Wildman–Crippen LogP) is 5.55. The Morgan fingerprint density at radius 1 is 1.09 bits per heavy atom. The van der Waals surface area contributed by atoms with Gasteiger partial charge in [0.2, 0.25) is 0 Å². The maximum absolute atomic E-state index is 13.2. The van der Waals surface area contributed by atoms with Crippen LogP contribution in [0.3, 0.4) is 0 Å². The molecule has 4 rings (SSSR count). The summed E-state index contributed by atoms with van der Waals surface area (Å²) >= 11 is 6.51. The Hall–Kier alpha value is -2.96. The SMILES string of the molecule is COc1ccc(OC)c(CN2CCC([C@H](Cc3ccccc3Cl)N(C)C(=O)c3ccco3)CC2)c1. The molecule has 1 aliphatic rings. The number of methoxy groups -OCH3 is 2. The summed E-state index contributed by atoms with van der Waals surface area (Å²) < 4.78 is 16.4. The van der Waals surface area contributed by atoms with Gasteiger partial charge < -0.3 is 18.8 Å². The van der Waals surface area contributed by atoms with Crippen LogP contribution in [0.1, 0.15) is 34.5 Å². The Balaban J connectivity index is 1.48. The van der Waals surface area contributed by atoms with Crippen LogP contribution in [0.5, 0.6) is 11.5 Å². The van der Waals surface area contributed by atoms with Gasteiger partial charge in [-0.1, -0.05) is 29.8 Å². The molecule has 1 atom stereocenters. The van der Waals surface area contributed by atoms with Crippen LogP contribution in [-0.4, -0.2) is 56.1 Å². The summed E-state index contributed by atoms with van der Waals surface area (Å²) in [6, 6.07) is 17.3. The zero-order valence-electron chi connectivity index (χ0n) is 20.6. The van der Waals surface area contributed by atoms with Gasteiger partial charge in [0.05, 0.1) is 20.5 Å². The average Bonchev–Trinajstić information content (AvgIpc) is 3.43. The minimum Gasteiger partial charge on any atom is -0.497 e. The number of ether oxygens (including phenoxy) is 2. The predicted molar refractivity (Wildman–Crippen MR) is 137 cm³/mol. The molecular formula is C28H33ClN2O4. The van der Waals surface area contributed by atoms with Crippen molar-refractivity contribution in [2.24, 2.45) is 5.92 Å². The normalized spacial score (nSPS) is 15.5. The van der Waals surface area contributed by atoms with E-state index in [1.165, 1.54) is 6.26 Å². The van der Waals surface area contributed by atoms with Gasteiger partial charge in [-0.2, -0.15) is 0 Å². The fourth-order valence-electron chi connectivity index (χ4n) is 4.98. The van der Waals surface area contributed by atoms with Crippen LogP contribution >= 0.6 is 11.6 Å². The van der Waals surface area contributed by atoms with Crippen molar-refractivity contribution in [2.75, 3.05) is 34.4 Å². The first-order valence-corrected chi connectivity index (χ1v) is 12.3. The first kappa shape index (κ1) is 25.1. The number of nitrogens with zero attached hydrogens (tertiary/aromatic N) is 2. The maximum Gasteiger partial charge on any atom is 0.289 e. The molecule has 1 fully saturated rings. The molecule has 0 saturated carbocycles. The highest BCUT2D eigenvalue weighted by atomic mass is 35.5. The number of piperidine rings is 1. The molecule has 0 aliphatic carbocycles. The van der Waals surface area contributed by atoms with Gasteiger partial charge in [0, 0.05) is 30.2 Å². The minimum absolute atomic E-state index is 0.0148. The Morgan fingerprint density at radius 2 is 1.86 bits per heavy atom. The number of amides is 1. The van der Waals surface area contributed by atoms with Crippen LogP contribution in [0.4, 0.5) is 0 Å². The molecule has 1 aliphatic heterocycles. The van der Waals surface area contributed by atoms with Gasteiger partial charge >= 0.3 is 0 Å². The summed E-state index contributed by atoms with van der Waals surface area (Å²) in [5, 5.41) is 0.735. The number of likely N-dealkylation sites (tertiary alicyclic amines) is 1. The molecule has 0 unspecified atom stereocenters. The first-order chi connectivity index (χ1) is 17.0. The largest absolute Gasteiger partial charge is 0.497 e. The van der Waals surface area contributed by atoms with Crippen LogP contribution in [-0.2, 0) is 13.0 Å². The zero-order chi connectivity index (χ0) is 24.8. The van der Waals surface area contributed by atoms with Crippen LogP contribution < -0.4 is 9.47 Å². The third kappa shape index (κ3) is 6.00. The van der Waals surface area contributed by atoms with E-state index in [2.05, 4.69) is 4.90 Å². The van der Waals surface area contributed by atoms with E-state index in [0.717, 1.165) is 60.1 Å². The summed E-state index contributed by atoms with van der Waals surface area (Å²) in [4.78, 5) is 17.4. The summed E-state index contributed by atoms with van der Waals surface area (Å²) in [6.45, 7) is 2.67. The van der Waals surface area contributed by atoms with Gasteiger partial charge in [-0.25, -0.2) is 0 Å². The molecule has 2 heterocycles. The van der Waals surface area contributed by atoms with Crippen molar-refractivity contribution in [2.45, 2.75) is 31.8 Å². The topological polar surface area (TPSA) is 55.2 Å². The molecule has 6 nitrogen and oxygen atoms in total. The lowest BCUT2D eigenvalue weighted by Crippen LogP contribution is -2.47. The number of carbonyl (C=O) groups is 1. The standard InChI is InChI=1S/C28H33ClN2O4/c1-30(28(32)27-9-6-16-35-27)25(18-21-7-4-5-8-24(21)29)20-12-14-31(15-13-20)19-22-17-23(33-2)10-11-26(22)34-3/h4-11,16-17,20,25H,12-15,18-19H2,1-3H3/t25-/m0/s1. The zero-order valence-corrected chi connectivity index (χ0v) is 21.3. The van der Waals surface area contributed by atoms with E-state index < -0.39 is 0 Å². The molecule has 1 saturated heterocycles. The van der Waals surface area contributed by atoms with Crippen molar-refractivity contribution in [3.63, 3.8) is 0 Å². The van der Waals surface area contributed by atoms with Crippen LogP contribution in [0.15, 0.2) is 65.3 Å². The molecule has 0 radical (unpaired) electrons. The highest BCUT2D eigenvalue weighted by Crippen LogP contribution is 2.31. The van der Waals surface area contributed by atoms with Crippen molar-refractivity contribution in [3.8, 4) is 11.5 Å². The molecule has 7 heteroatoms. The Bertz CT molecular complexity index is 1110. The summed E-state index contributed by atoms with van der Waals surface area (Å²) in [7, 11) is 5.25. The van der Waals surface area contributed by atoms with E-state index in [9.17, 15) is 4.79 Å². The number of likely N-dealkylation sites (N-methyl/N-ethyl adjacent to an activating group) is 1. The van der Waals surface area contributed by atoms with Crippen LogP contribution in [0.2, 0.25) is 5.02 Å². The van der Waals surface area contributed by atoms with E-state index in [4.69, 9.17) is 25.5 Å². The number of halogens is 1. The lowest BCUT2D eigenvalue weighted by molar-refractivity contribution is 0.0555. The Labute approximate surface area is 212 Å². The second-order valence-corrected chi connectivity index (χ2v) is 9.45. The summed E-state index contributed by atoms with van der Waals surface area (Å²) in [5.41, 5.74) is 2.17. The third-order valence-electron chi connectivity index (χ3n) is 6.99. The van der Waals surface area contributed by atoms with Crippen molar-refractivity contribution in [1.29, 1.82) is 0 Å². The number of rotatable bonds is 9. The third-order valence-corrected chi connectivity index (χ3v) is 7.36. The minimum atomic E-state index is -0.101. The Morgan fingerprint density at radius 3 is 2.51 bits per heavy atom. The second-order valence-electron chi connectivity index (χ2n) is 9.05. The fraction of sp³-hybridized carbons (Fsp3) is 0.393. The van der Waals surface area contributed by atoms with E-state index in [1.54, 1.807) is 26.4 Å². The molecular weight excluding hydrogens is 464 g/mol. The molecule has 2 aromatic carbocycles. The second kappa shape index (κ2) is 11.6. The smallest absolute Gasteiger partial charge is 0.289 e. The van der Waals surface area contributed by atoms with Crippen molar-refractivity contribution in [1.82, 2.24) is 9.80 Å². The quantitative estimate of drug-likeness (QED) is 0.389. The van der Waals surface area contributed by atoms with Crippen LogP contribution in [0, 0.1) is 5.92 Å². The van der Waals surface area contributed by atoms with Crippen molar-refractivity contribution >= 4 is 17.5 Å². The van der Waals surface area contributed by atoms with Crippen LogP contribution in [0.25, 0.3) is 0 Å². The molecule has 0 N–H and O–H groups in total. The molecule has 0 spiro atoms. The molecule has 186 valence electrons. The van der Waals surface area contributed by atoms with Gasteiger partial charge in [-0.15, -0.1) is 0 Å². The van der Waals surface area contributed by atoms with E-state index in [0.29, 0.717) is 18.1 Å². The maximum atomic E-state index is 13.2. The highest BCUT2D eigenvalue weighted by Gasteiger charge is 2.33. The Kier molecular flexibility index (Phi) is 8.37. The van der Waals surface area contributed by atoms with E-state index >= 15 is 0 Å². The van der Waals surface area contributed by atoms with Gasteiger partial charge in [0.25, 0.3) is 5.91 Å². The molecule has 1 amide bonds. The number of carbonyl (C=O) groups excluding carboxylic acids is 1. The lowest BCUT2D eigenvalue weighted by atomic mass is 9.84. The summed E-state index contributed by atoms with van der Waals surface area (Å²) in [5.74, 6) is 2.30. The highest BCUT2D eigenvalue weighted by molar-refractivity contribution is 6.31. The van der Waals surface area contributed by atoms with E-state index in [-0.39, 0.29) is 11.9 Å². The van der Waals surface area contributed by atoms with Crippen molar-refractivity contribution < 1.29 is 18.7 Å². The summed E-state index contributed by atoms with van der Waals surface area (Å²) in [6.07, 6.45) is 4.21. The number of furan rings is 1. The number of benzene rings is 2. The van der Waals surface area contributed by atoms with Crippen molar-refractivity contribution in [3.05, 3.63) is 82.8 Å². The monoisotopic (exact) mass is 496 g/mol. The van der Waals surface area contributed by atoms with Gasteiger partial charge in [0.15, 0.2) is 5.76 Å². The van der Waals surface area contributed by atoms with Gasteiger partial charge in [-0.05, 0) is 80.2 Å². The molecule has 0 bridgehead atoms. The van der Waals surface area contributed by atoms with E-state index in [1.807, 2.05) is 54.4 Å².